The predicted molar refractivity (Wildman–Crippen MR) is 73.5 cm³/mol. The second-order valence-corrected chi connectivity index (χ2v) is 4.70. The first kappa shape index (κ1) is 14.9. The Hall–Kier alpha value is -1.13. The number of likely N-dealkylation sites (N-methyl/N-ethyl adjacent to an activating group) is 1. The van der Waals surface area contributed by atoms with Crippen molar-refractivity contribution in [3.63, 3.8) is 0 Å². The molecule has 102 valence electrons. The minimum atomic E-state index is -0.184. The summed E-state index contributed by atoms with van der Waals surface area (Å²) < 4.78 is 19.0. The number of ether oxygens (including phenoxy) is 1. The van der Waals surface area contributed by atoms with Gasteiger partial charge in [0.1, 0.15) is 5.82 Å². The van der Waals surface area contributed by atoms with E-state index >= 15 is 0 Å². The maximum Gasteiger partial charge on any atom is 0.146 e. The van der Waals surface area contributed by atoms with Crippen LogP contribution >= 0.6 is 0 Å². The summed E-state index contributed by atoms with van der Waals surface area (Å²) in [6, 6.07) is 5.58. The number of anilines is 1. The molecule has 0 radical (unpaired) electrons. The fourth-order valence-corrected chi connectivity index (χ4v) is 1.78. The smallest absolute Gasteiger partial charge is 0.146 e. The first-order valence-electron chi connectivity index (χ1n) is 6.27. The number of hydrogen-bond acceptors (Lipinski definition) is 3. The number of rotatable bonds is 7. The highest BCUT2D eigenvalue weighted by Crippen LogP contribution is 2.23. The van der Waals surface area contributed by atoms with E-state index in [1.807, 2.05) is 18.0 Å². The lowest BCUT2D eigenvalue weighted by molar-refractivity contribution is 0.206. The first-order valence-corrected chi connectivity index (χ1v) is 6.27. The molecule has 0 aromatic heterocycles. The molecule has 0 aliphatic rings. The monoisotopic (exact) mass is 254 g/mol. The molecule has 0 fully saturated rings. The zero-order valence-electron chi connectivity index (χ0n) is 11.7. The largest absolute Gasteiger partial charge is 0.383 e. The first-order chi connectivity index (χ1) is 8.56. The molecule has 0 saturated heterocycles. The van der Waals surface area contributed by atoms with Crippen LogP contribution in [0.1, 0.15) is 19.4 Å². The van der Waals surface area contributed by atoms with Gasteiger partial charge >= 0.3 is 0 Å². The van der Waals surface area contributed by atoms with Gasteiger partial charge in [0.15, 0.2) is 0 Å². The van der Waals surface area contributed by atoms with E-state index in [2.05, 4.69) is 19.2 Å². The molecule has 4 heteroatoms. The second kappa shape index (κ2) is 7.34. The molecular formula is C14H23FN2O. The van der Waals surface area contributed by atoms with Crippen molar-refractivity contribution in [3.8, 4) is 0 Å². The van der Waals surface area contributed by atoms with Gasteiger partial charge in [-0.3, -0.25) is 0 Å². The average molecular weight is 254 g/mol. The Morgan fingerprint density at radius 3 is 2.72 bits per heavy atom. The number of nitrogens with zero attached hydrogens (tertiary/aromatic N) is 1. The topological polar surface area (TPSA) is 24.5 Å². The highest BCUT2D eigenvalue weighted by Gasteiger charge is 2.12. The van der Waals surface area contributed by atoms with Crippen molar-refractivity contribution in [3.05, 3.63) is 29.6 Å². The number of hydrogen-bond donors (Lipinski definition) is 1. The normalized spacial score (nSPS) is 11.0. The van der Waals surface area contributed by atoms with Crippen molar-refractivity contribution in [2.45, 2.75) is 26.4 Å². The average Bonchev–Trinajstić information content (AvgIpc) is 2.33. The third-order valence-corrected chi connectivity index (χ3v) is 2.78. The summed E-state index contributed by atoms with van der Waals surface area (Å²) in [6.07, 6.45) is 0. The molecular weight excluding hydrogens is 231 g/mol. The molecule has 0 unspecified atom stereocenters. The maximum absolute atomic E-state index is 13.9. The van der Waals surface area contributed by atoms with Gasteiger partial charge in [-0.1, -0.05) is 26.0 Å². The van der Waals surface area contributed by atoms with Gasteiger partial charge in [0.05, 0.1) is 12.3 Å². The summed E-state index contributed by atoms with van der Waals surface area (Å²) in [5.41, 5.74) is 1.63. The van der Waals surface area contributed by atoms with Gasteiger partial charge in [-0.2, -0.15) is 0 Å². The Balaban J connectivity index is 2.85. The SMILES string of the molecule is COCCN(C)c1c(F)cccc1CNC(C)C. The van der Waals surface area contributed by atoms with Gasteiger partial charge in [-0.25, -0.2) is 4.39 Å². The summed E-state index contributed by atoms with van der Waals surface area (Å²) in [4.78, 5) is 1.90. The second-order valence-electron chi connectivity index (χ2n) is 4.70. The molecule has 3 nitrogen and oxygen atoms in total. The summed E-state index contributed by atoms with van der Waals surface area (Å²) in [7, 11) is 3.53. The third-order valence-electron chi connectivity index (χ3n) is 2.78. The van der Waals surface area contributed by atoms with E-state index in [-0.39, 0.29) is 5.82 Å². The molecule has 0 spiro atoms. The molecule has 1 N–H and O–H groups in total. The Bertz CT molecular complexity index is 369. The van der Waals surface area contributed by atoms with Crippen LogP contribution in [0.5, 0.6) is 0 Å². The van der Waals surface area contributed by atoms with Crippen molar-refractivity contribution in [2.24, 2.45) is 0 Å². The van der Waals surface area contributed by atoms with E-state index in [1.54, 1.807) is 13.2 Å². The Kier molecular flexibility index (Phi) is 6.09. The molecule has 1 aromatic rings. The van der Waals surface area contributed by atoms with Crippen molar-refractivity contribution < 1.29 is 9.13 Å². The van der Waals surface area contributed by atoms with Gasteiger partial charge in [-0.05, 0) is 11.6 Å². The Labute approximate surface area is 109 Å². The summed E-state index contributed by atoms with van der Waals surface area (Å²) in [5, 5.41) is 3.32. The molecule has 1 aromatic carbocycles. The van der Waals surface area contributed by atoms with E-state index in [0.717, 1.165) is 5.56 Å². The summed E-state index contributed by atoms with van der Waals surface area (Å²) in [5.74, 6) is -0.184. The van der Waals surface area contributed by atoms with Gasteiger partial charge in [0, 0.05) is 33.3 Å². The van der Waals surface area contributed by atoms with Gasteiger partial charge < -0.3 is 15.0 Å². The third kappa shape index (κ3) is 4.27. The van der Waals surface area contributed by atoms with Crippen molar-refractivity contribution >= 4 is 5.69 Å². The molecule has 0 bridgehead atoms. The van der Waals surface area contributed by atoms with Crippen LogP contribution in [-0.4, -0.2) is 33.4 Å². The highest BCUT2D eigenvalue weighted by molar-refractivity contribution is 5.54. The molecule has 0 saturated carbocycles. The van der Waals surface area contributed by atoms with Gasteiger partial charge in [0.25, 0.3) is 0 Å². The Morgan fingerprint density at radius 1 is 1.39 bits per heavy atom. The van der Waals surface area contributed by atoms with Crippen LogP contribution in [0.4, 0.5) is 10.1 Å². The minimum absolute atomic E-state index is 0.184. The Morgan fingerprint density at radius 2 is 2.11 bits per heavy atom. The molecule has 18 heavy (non-hydrogen) atoms. The lowest BCUT2D eigenvalue weighted by atomic mass is 10.1. The number of methoxy groups -OCH3 is 1. The van der Waals surface area contributed by atoms with E-state index in [0.29, 0.717) is 31.4 Å². The quantitative estimate of drug-likeness (QED) is 0.808. The van der Waals surface area contributed by atoms with E-state index in [4.69, 9.17) is 4.74 Å². The maximum atomic E-state index is 13.9. The highest BCUT2D eigenvalue weighted by atomic mass is 19.1. The lowest BCUT2D eigenvalue weighted by Gasteiger charge is -2.23. The molecule has 0 atom stereocenters. The van der Waals surface area contributed by atoms with E-state index in [9.17, 15) is 4.39 Å². The number of para-hydroxylation sites is 1. The number of halogens is 1. The fourth-order valence-electron chi connectivity index (χ4n) is 1.78. The minimum Gasteiger partial charge on any atom is -0.383 e. The van der Waals surface area contributed by atoms with Crippen molar-refractivity contribution in [1.29, 1.82) is 0 Å². The van der Waals surface area contributed by atoms with Gasteiger partial charge in [0.2, 0.25) is 0 Å². The van der Waals surface area contributed by atoms with Crippen molar-refractivity contribution in [1.82, 2.24) is 5.32 Å². The predicted octanol–water partition coefficient (Wildman–Crippen LogP) is 2.41. The van der Waals surface area contributed by atoms with Crippen LogP contribution in [0.2, 0.25) is 0 Å². The molecule has 0 aliphatic heterocycles. The van der Waals surface area contributed by atoms with Gasteiger partial charge in [-0.15, -0.1) is 0 Å². The lowest BCUT2D eigenvalue weighted by Crippen LogP contribution is -2.27. The molecule has 0 aliphatic carbocycles. The number of nitrogens with one attached hydrogen (secondary N) is 1. The van der Waals surface area contributed by atoms with Crippen molar-refractivity contribution in [2.75, 3.05) is 32.2 Å². The summed E-state index contributed by atoms with van der Waals surface area (Å²) in [6.45, 7) is 6.08. The van der Waals surface area contributed by atoms with Crippen LogP contribution < -0.4 is 10.2 Å². The zero-order chi connectivity index (χ0) is 13.5. The summed E-state index contributed by atoms with van der Waals surface area (Å²) >= 11 is 0. The number of benzene rings is 1. The molecule has 0 heterocycles. The van der Waals surface area contributed by atoms with E-state index in [1.165, 1.54) is 6.07 Å². The fraction of sp³-hybridized carbons (Fsp3) is 0.571. The standard InChI is InChI=1S/C14H23FN2O/c1-11(2)16-10-12-6-5-7-13(15)14(12)17(3)8-9-18-4/h5-7,11,16H,8-10H2,1-4H3. The van der Waals surface area contributed by atoms with Crippen LogP contribution in [0, 0.1) is 5.82 Å². The zero-order valence-corrected chi connectivity index (χ0v) is 11.7. The van der Waals surface area contributed by atoms with Crippen LogP contribution in [0.3, 0.4) is 0 Å². The van der Waals surface area contributed by atoms with Crippen LogP contribution in [0.15, 0.2) is 18.2 Å². The van der Waals surface area contributed by atoms with Crippen LogP contribution in [-0.2, 0) is 11.3 Å². The van der Waals surface area contributed by atoms with Crippen LogP contribution in [0.25, 0.3) is 0 Å². The molecule has 1 rings (SSSR count). The molecule has 0 amide bonds. The van der Waals surface area contributed by atoms with E-state index < -0.39 is 0 Å².